The number of fused-ring (bicyclic) bond motifs is 2. The maximum Gasteiger partial charge on any atom is 0.155 e. The van der Waals surface area contributed by atoms with Gasteiger partial charge in [0.2, 0.25) is 0 Å². The molecule has 3 aromatic rings. The predicted octanol–water partition coefficient (Wildman–Crippen LogP) is 4.91. The van der Waals surface area contributed by atoms with Gasteiger partial charge in [-0.25, -0.2) is 0 Å². The van der Waals surface area contributed by atoms with Crippen molar-refractivity contribution in [2.24, 2.45) is 0 Å². The van der Waals surface area contributed by atoms with Gasteiger partial charge >= 0.3 is 0 Å². The topological polar surface area (TPSA) is 41.2 Å². The average Bonchev–Trinajstić information content (AvgIpc) is 2.60. The number of rotatable bonds is 1. The zero-order valence-electron chi connectivity index (χ0n) is 16.5. The Labute approximate surface area is 180 Å². The second-order valence-corrected chi connectivity index (χ2v) is 7.38. The molecule has 0 unspecified atom stereocenters. The van der Waals surface area contributed by atoms with Crippen LogP contribution in [0.1, 0.15) is 38.8 Å². The summed E-state index contributed by atoms with van der Waals surface area (Å²) >= 11 is 0. The van der Waals surface area contributed by atoms with Crippen molar-refractivity contribution in [3.8, 4) is 11.3 Å². The van der Waals surface area contributed by atoms with Crippen molar-refractivity contribution < 1.29 is 34.6 Å². The summed E-state index contributed by atoms with van der Waals surface area (Å²) in [6, 6.07) is 18.4. The third-order valence-electron chi connectivity index (χ3n) is 4.91. The number of allylic oxidation sites excluding steroid dienone is 2. The van der Waals surface area contributed by atoms with E-state index in [4.69, 9.17) is 5.11 Å². The van der Waals surface area contributed by atoms with Gasteiger partial charge < -0.3 is 9.67 Å². The second kappa shape index (κ2) is 8.30. The van der Waals surface area contributed by atoms with Crippen molar-refractivity contribution in [1.82, 2.24) is 0 Å². The van der Waals surface area contributed by atoms with E-state index in [9.17, 15) is 4.79 Å². The minimum atomic E-state index is -0.125. The normalized spacial score (nSPS) is 13.6. The number of benzene rings is 2. The van der Waals surface area contributed by atoms with E-state index in [0.29, 0.717) is 0 Å². The number of aromatic nitrogens is 1. The fraction of sp³-hybridized carbons (Fsp3) is 0.208. The summed E-state index contributed by atoms with van der Waals surface area (Å²) in [6.45, 7) is 7.43. The molecule has 0 saturated carbocycles. The van der Waals surface area contributed by atoms with E-state index in [2.05, 4.69) is 63.4 Å². The number of pyridine rings is 1. The van der Waals surface area contributed by atoms with Crippen LogP contribution in [-0.2, 0) is 30.3 Å². The molecule has 0 aliphatic heterocycles. The molecule has 3 nitrogen and oxygen atoms in total. The Morgan fingerprint density at radius 1 is 1.14 bits per heavy atom. The summed E-state index contributed by atoms with van der Waals surface area (Å²) in [6.07, 6.45) is 3.20. The number of hydrogen-bond donors (Lipinski definition) is 1. The molecule has 2 aromatic carbocycles. The molecule has 0 saturated heterocycles. The average molecular weight is 551 g/mol. The molecule has 4 rings (SSSR count). The smallest absolute Gasteiger partial charge is 0.155 e. The van der Waals surface area contributed by atoms with Gasteiger partial charge in [0.05, 0.1) is 12.0 Å². The number of aliphatic hydroxyl groups excluding tert-OH is 1. The number of carbonyl (C=O) groups is 1. The molecular formula is C24H24IrNO2-. The van der Waals surface area contributed by atoms with Gasteiger partial charge in [-0.2, -0.15) is 0 Å². The summed E-state index contributed by atoms with van der Waals surface area (Å²) in [7, 11) is 4.16. The summed E-state index contributed by atoms with van der Waals surface area (Å²) in [4.78, 5) is 10.0. The van der Waals surface area contributed by atoms with Crippen LogP contribution in [0.15, 0.2) is 60.5 Å². The molecule has 0 atom stereocenters. The largest absolute Gasteiger partial charge is 0.512 e. The molecule has 1 aliphatic rings. The number of aliphatic hydroxyl groups is 1. The number of ketones is 1. The molecule has 1 aromatic heterocycles. The number of hydrogen-bond acceptors (Lipinski definition) is 2. The van der Waals surface area contributed by atoms with Gasteiger partial charge in [-0.05, 0) is 36.3 Å². The summed E-state index contributed by atoms with van der Waals surface area (Å²) in [5.41, 5.74) is 5.04. The number of carbonyl (C=O) groups excluding carboxylic acids is 1. The van der Waals surface area contributed by atoms with E-state index in [0.717, 1.165) is 0 Å². The van der Waals surface area contributed by atoms with Gasteiger partial charge in [-0.1, -0.05) is 37.6 Å². The van der Waals surface area contributed by atoms with Crippen molar-refractivity contribution in [2.45, 2.75) is 33.1 Å². The van der Waals surface area contributed by atoms with E-state index < -0.39 is 0 Å². The van der Waals surface area contributed by atoms with Crippen LogP contribution in [-0.4, -0.2) is 10.9 Å². The fourth-order valence-corrected chi connectivity index (χ4v) is 3.74. The molecule has 0 spiro atoms. The third kappa shape index (κ3) is 3.89. The molecule has 1 aliphatic carbocycles. The van der Waals surface area contributed by atoms with Gasteiger partial charge in [-0.15, -0.1) is 29.8 Å². The van der Waals surface area contributed by atoms with Gasteiger partial charge in [0, 0.05) is 38.6 Å². The Balaban J connectivity index is 0.000000306. The van der Waals surface area contributed by atoms with Gasteiger partial charge in [-0.3, -0.25) is 4.79 Å². The van der Waals surface area contributed by atoms with E-state index >= 15 is 0 Å². The van der Waals surface area contributed by atoms with Crippen molar-refractivity contribution >= 4 is 16.6 Å². The summed E-state index contributed by atoms with van der Waals surface area (Å²) < 4.78 is 1.97. The van der Waals surface area contributed by atoms with Crippen LogP contribution in [0.2, 0.25) is 0 Å². The Bertz CT molecular complexity index is 1060. The summed E-state index contributed by atoms with van der Waals surface area (Å²) in [5.74, 6) is -0.0625. The molecule has 1 radical (unpaired) electrons. The number of nitrogens with zero attached hydrogens (tertiary/aromatic N) is 1. The van der Waals surface area contributed by atoms with E-state index in [1.165, 1.54) is 53.1 Å². The van der Waals surface area contributed by atoms with Crippen LogP contribution < -0.4 is 4.57 Å². The zero-order valence-corrected chi connectivity index (χ0v) is 18.9. The van der Waals surface area contributed by atoms with Crippen molar-refractivity contribution in [3.05, 3.63) is 84.7 Å². The first-order valence-electron chi connectivity index (χ1n) is 8.91. The van der Waals surface area contributed by atoms with E-state index in [1.807, 2.05) is 16.8 Å². The van der Waals surface area contributed by atoms with Gasteiger partial charge in [0.1, 0.15) is 5.69 Å². The molecule has 0 fully saturated rings. The Hall–Kier alpha value is -2.42. The van der Waals surface area contributed by atoms with Crippen LogP contribution in [0.5, 0.6) is 0 Å². The first-order chi connectivity index (χ1) is 12.7. The van der Waals surface area contributed by atoms with E-state index in [1.54, 1.807) is 0 Å². The molecule has 1 N–H and O–H groups in total. The summed E-state index contributed by atoms with van der Waals surface area (Å²) in [5, 5.41) is 10.9. The molecule has 28 heavy (non-hydrogen) atoms. The standard InChI is InChI=1S/C19H16N.C5H8O2.Ir/c1-19(2)15-9-5-4-8-14(15)18-17-13(11-12-20(18)3)7-6-10-16(17)19;1-4(6)3-5(2)7;/h4-7,9-12H,3H2,1-2H3;3,6H,1-2H3;/q-1;;/b;4-3-;. The molecule has 4 heteroatoms. The quantitative estimate of drug-likeness (QED) is 0.203. The monoisotopic (exact) mass is 551 g/mol. The predicted molar refractivity (Wildman–Crippen MR) is 108 cm³/mol. The van der Waals surface area contributed by atoms with Crippen molar-refractivity contribution in [2.75, 3.05) is 0 Å². The van der Waals surface area contributed by atoms with Crippen molar-refractivity contribution in [1.29, 1.82) is 0 Å². The van der Waals surface area contributed by atoms with Crippen LogP contribution in [0.25, 0.3) is 22.0 Å². The SMILES string of the molecule is CC(=O)/C=C(/C)O.[CH2-][n+]1ccc2cccc3c2c1-c1[c-]cccc1C3(C)C.[Ir]. The minimum absolute atomic E-state index is 0. The Morgan fingerprint density at radius 3 is 2.43 bits per heavy atom. The molecule has 0 bridgehead atoms. The maximum absolute atomic E-state index is 10.0. The Kier molecular flexibility index (Phi) is 6.48. The second-order valence-electron chi connectivity index (χ2n) is 7.38. The van der Waals surface area contributed by atoms with Crippen LogP contribution in [0, 0.1) is 13.1 Å². The van der Waals surface area contributed by atoms with Crippen LogP contribution in [0.3, 0.4) is 0 Å². The minimum Gasteiger partial charge on any atom is -0.512 e. The molecule has 1 heterocycles. The van der Waals surface area contributed by atoms with Gasteiger partial charge in [0.25, 0.3) is 0 Å². The third-order valence-corrected chi connectivity index (χ3v) is 4.91. The first kappa shape index (κ1) is 21.9. The molecule has 147 valence electrons. The maximum atomic E-state index is 10.0. The van der Waals surface area contributed by atoms with Crippen LogP contribution in [0.4, 0.5) is 0 Å². The van der Waals surface area contributed by atoms with E-state index in [-0.39, 0.29) is 37.1 Å². The Morgan fingerprint density at radius 2 is 1.82 bits per heavy atom. The first-order valence-corrected chi connectivity index (χ1v) is 8.91. The van der Waals surface area contributed by atoms with Gasteiger partial charge in [0.15, 0.2) is 5.78 Å². The molecule has 0 amide bonds. The molecular weight excluding hydrogens is 526 g/mol. The van der Waals surface area contributed by atoms with Crippen molar-refractivity contribution in [3.63, 3.8) is 0 Å². The fourth-order valence-electron chi connectivity index (χ4n) is 3.74. The van der Waals surface area contributed by atoms with Crippen LogP contribution >= 0.6 is 0 Å². The zero-order chi connectivity index (χ0) is 19.8.